The predicted molar refractivity (Wildman–Crippen MR) is 78.7 cm³/mol. The van der Waals surface area contributed by atoms with Crippen molar-refractivity contribution < 1.29 is 9.47 Å². The van der Waals surface area contributed by atoms with Gasteiger partial charge in [-0.1, -0.05) is 25.1 Å². The van der Waals surface area contributed by atoms with Crippen molar-refractivity contribution in [2.75, 3.05) is 26.4 Å². The number of hydrogen-bond donors (Lipinski definition) is 1. The summed E-state index contributed by atoms with van der Waals surface area (Å²) in [5, 5.41) is 5.92. The third-order valence-electron chi connectivity index (χ3n) is 3.69. The van der Waals surface area contributed by atoms with Gasteiger partial charge in [0.15, 0.2) is 0 Å². The number of fused-ring (bicyclic) bond motifs is 1. The van der Waals surface area contributed by atoms with Crippen LogP contribution in [0.25, 0.3) is 10.8 Å². The third kappa shape index (κ3) is 2.68. The fourth-order valence-corrected chi connectivity index (χ4v) is 2.78. The molecule has 2 aromatic rings. The maximum Gasteiger partial charge on any atom is 0.100 e. The van der Waals surface area contributed by atoms with Crippen LogP contribution < -0.4 is 5.32 Å². The minimum atomic E-state index is 0.0578. The molecule has 2 atom stereocenters. The number of ether oxygens (including phenoxy) is 2. The van der Waals surface area contributed by atoms with E-state index in [1.807, 2.05) is 12.4 Å². The van der Waals surface area contributed by atoms with Crippen LogP contribution in [-0.2, 0) is 9.47 Å². The summed E-state index contributed by atoms with van der Waals surface area (Å²) in [5.74, 6) is 0. The average Bonchev–Trinajstić information content (AvgIpc) is 2.53. The SMILES string of the molecule is CCNC(c1cccc2cnccc12)C1COCCO1. The van der Waals surface area contributed by atoms with Crippen molar-refractivity contribution in [1.29, 1.82) is 0 Å². The molecule has 0 radical (unpaired) electrons. The largest absolute Gasteiger partial charge is 0.376 e. The molecule has 2 heterocycles. The molecule has 0 amide bonds. The molecule has 106 valence electrons. The topological polar surface area (TPSA) is 43.4 Å². The summed E-state index contributed by atoms with van der Waals surface area (Å²) in [6.45, 7) is 5.00. The Bertz CT molecular complexity index is 562. The molecule has 1 aromatic heterocycles. The van der Waals surface area contributed by atoms with Gasteiger partial charge in [-0.2, -0.15) is 0 Å². The van der Waals surface area contributed by atoms with Gasteiger partial charge in [-0.15, -0.1) is 0 Å². The highest BCUT2D eigenvalue weighted by molar-refractivity contribution is 5.85. The van der Waals surface area contributed by atoms with Crippen molar-refractivity contribution in [1.82, 2.24) is 10.3 Å². The second-order valence-corrected chi connectivity index (χ2v) is 4.96. The number of aromatic nitrogens is 1. The van der Waals surface area contributed by atoms with Crippen LogP contribution in [0.3, 0.4) is 0 Å². The molecule has 4 heteroatoms. The van der Waals surface area contributed by atoms with Gasteiger partial charge in [0.2, 0.25) is 0 Å². The van der Waals surface area contributed by atoms with Crippen LogP contribution in [0.5, 0.6) is 0 Å². The summed E-state index contributed by atoms with van der Waals surface area (Å²) >= 11 is 0. The first-order chi connectivity index (χ1) is 9.90. The average molecular weight is 272 g/mol. The van der Waals surface area contributed by atoms with Gasteiger partial charge in [-0.25, -0.2) is 0 Å². The highest BCUT2D eigenvalue weighted by Crippen LogP contribution is 2.28. The van der Waals surface area contributed by atoms with E-state index in [1.54, 1.807) is 0 Å². The van der Waals surface area contributed by atoms with E-state index in [9.17, 15) is 0 Å². The molecule has 0 bridgehead atoms. The van der Waals surface area contributed by atoms with Gasteiger partial charge >= 0.3 is 0 Å². The lowest BCUT2D eigenvalue weighted by atomic mass is 9.96. The van der Waals surface area contributed by atoms with Crippen molar-refractivity contribution in [3.05, 3.63) is 42.2 Å². The van der Waals surface area contributed by atoms with Crippen molar-refractivity contribution in [2.24, 2.45) is 0 Å². The molecule has 1 aliphatic rings. The highest BCUT2D eigenvalue weighted by Gasteiger charge is 2.27. The van der Waals surface area contributed by atoms with Crippen molar-refractivity contribution in [2.45, 2.75) is 19.1 Å². The molecule has 0 saturated carbocycles. The van der Waals surface area contributed by atoms with E-state index in [0.717, 1.165) is 11.9 Å². The van der Waals surface area contributed by atoms with Crippen molar-refractivity contribution in [3.63, 3.8) is 0 Å². The van der Waals surface area contributed by atoms with Gasteiger partial charge in [0.1, 0.15) is 6.10 Å². The lowest BCUT2D eigenvalue weighted by Crippen LogP contribution is -2.40. The zero-order chi connectivity index (χ0) is 13.8. The van der Waals surface area contributed by atoms with E-state index >= 15 is 0 Å². The fourth-order valence-electron chi connectivity index (χ4n) is 2.78. The van der Waals surface area contributed by atoms with Gasteiger partial charge < -0.3 is 14.8 Å². The van der Waals surface area contributed by atoms with Gasteiger partial charge in [-0.3, -0.25) is 4.98 Å². The number of hydrogen-bond acceptors (Lipinski definition) is 4. The summed E-state index contributed by atoms with van der Waals surface area (Å²) in [5.41, 5.74) is 1.25. The minimum absolute atomic E-state index is 0.0578. The molecule has 20 heavy (non-hydrogen) atoms. The number of likely N-dealkylation sites (N-methyl/N-ethyl adjacent to an activating group) is 1. The first-order valence-corrected chi connectivity index (χ1v) is 7.15. The number of rotatable bonds is 4. The lowest BCUT2D eigenvalue weighted by molar-refractivity contribution is -0.102. The zero-order valence-electron chi connectivity index (χ0n) is 11.7. The zero-order valence-corrected chi connectivity index (χ0v) is 11.7. The van der Waals surface area contributed by atoms with E-state index < -0.39 is 0 Å². The lowest BCUT2D eigenvalue weighted by Gasteiger charge is -2.32. The molecular weight excluding hydrogens is 252 g/mol. The second kappa shape index (κ2) is 6.31. The Labute approximate surface area is 119 Å². The van der Waals surface area contributed by atoms with E-state index in [2.05, 4.69) is 41.5 Å². The summed E-state index contributed by atoms with van der Waals surface area (Å²) in [7, 11) is 0. The molecule has 0 aliphatic carbocycles. The van der Waals surface area contributed by atoms with Crippen LogP contribution in [0.4, 0.5) is 0 Å². The van der Waals surface area contributed by atoms with E-state index in [4.69, 9.17) is 9.47 Å². The van der Waals surface area contributed by atoms with Crippen molar-refractivity contribution >= 4 is 10.8 Å². The predicted octanol–water partition coefficient (Wildman–Crippen LogP) is 2.30. The fraction of sp³-hybridized carbons (Fsp3) is 0.438. The third-order valence-corrected chi connectivity index (χ3v) is 3.69. The van der Waals surface area contributed by atoms with Gasteiger partial charge in [0, 0.05) is 17.8 Å². The Kier molecular flexibility index (Phi) is 4.25. The Morgan fingerprint density at radius 1 is 1.35 bits per heavy atom. The molecule has 1 N–H and O–H groups in total. The molecule has 3 rings (SSSR count). The Hall–Kier alpha value is -1.49. The van der Waals surface area contributed by atoms with Crippen LogP contribution in [0.1, 0.15) is 18.5 Å². The van der Waals surface area contributed by atoms with E-state index in [0.29, 0.717) is 19.8 Å². The van der Waals surface area contributed by atoms with Crippen LogP contribution in [0.2, 0.25) is 0 Å². The molecule has 1 fully saturated rings. The van der Waals surface area contributed by atoms with E-state index in [-0.39, 0.29) is 12.1 Å². The Balaban J connectivity index is 2.00. The second-order valence-electron chi connectivity index (χ2n) is 4.96. The monoisotopic (exact) mass is 272 g/mol. The molecule has 4 nitrogen and oxygen atoms in total. The van der Waals surface area contributed by atoms with Crippen molar-refractivity contribution in [3.8, 4) is 0 Å². The maximum atomic E-state index is 5.89. The number of nitrogens with zero attached hydrogens (tertiary/aromatic N) is 1. The van der Waals surface area contributed by atoms with Crippen LogP contribution in [0.15, 0.2) is 36.7 Å². The molecule has 1 saturated heterocycles. The Morgan fingerprint density at radius 2 is 2.30 bits per heavy atom. The maximum absolute atomic E-state index is 5.89. The molecule has 1 aromatic carbocycles. The smallest absolute Gasteiger partial charge is 0.100 e. The normalized spacial score (nSPS) is 20.9. The molecular formula is C16H20N2O2. The first-order valence-electron chi connectivity index (χ1n) is 7.15. The minimum Gasteiger partial charge on any atom is -0.376 e. The van der Waals surface area contributed by atoms with Gasteiger partial charge in [-0.05, 0) is 23.6 Å². The van der Waals surface area contributed by atoms with Gasteiger partial charge in [0.05, 0.1) is 25.9 Å². The standard InChI is InChI=1S/C16H20N2O2/c1-2-18-16(15-11-19-8-9-20-15)14-5-3-4-12-10-17-7-6-13(12)14/h3-7,10,15-16,18H,2,8-9,11H2,1H3. The van der Waals surface area contributed by atoms with E-state index in [1.165, 1.54) is 10.9 Å². The summed E-state index contributed by atoms with van der Waals surface area (Å²) in [6, 6.07) is 8.54. The quantitative estimate of drug-likeness (QED) is 0.927. The van der Waals surface area contributed by atoms with Crippen LogP contribution in [0, 0.1) is 0 Å². The number of nitrogens with one attached hydrogen (secondary N) is 1. The number of benzene rings is 1. The first kappa shape index (κ1) is 13.5. The molecule has 2 unspecified atom stereocenters. The van der Waals surface area contributed by atoms with Crippen LogP contribution >= 0.6 is 0 Å². The summed E-state index contributed by atoms with van der Waals surface area (Å²) in [6.07, 6.45) is 3.80. The number of pyridine rings is 1. The highest BCUT2D eigenvalue weighted by atomic mass is 16.6. The molecule has 1 aliphatic heterocycles. The Morgan fingerprint density at radius 3 is 3.10 bits per heavy atom. The summed E-state index contributed by atoms with van der Waals surface area (Å²) in [4.78, 5) is 4.20. The van der Waals surface area contributed by atoms with Gasteiger partial charge in [0.25, 0.3) is 0 Å². The molecule has 0 spiro atoms. The van der Waals surface area contributed by atoms with Crippen LogP contribution in [-0.4, -0.2) is 37.5 Å². The summed E-state index contributed by atoms with van der Waals surface area (Å²) < 4.78 is 11.5.